The van der Waals surface area contributed by atoms with Crippen molar-refractivity contribution in [2.24, 2.45) is 5.92 Å². The number of nitrogens with zero attached hydrogens (tertiary/aromatic N) is 1. The lowest BCUT2D eigenvalue weighted by Crippen LogP contribution is -2.38. The van der Waals surface area contributed by atoms with Gasteiger partial charge in [0.2, 0.25) is 9.84 Å². The molecule has 0 amide bonds. The Bertz CT molecular complexity index is 927. The fraction of sp³-hybridized carbons (Fsp3) is 0.400. The van der Waals surface area contributed by atoms with E-state index in [1.54, 1.807) is 6.07 Å². The Labute approximate surface area is 153 Å². The normalized spacial score (nSPS) is 25.5. The van der Waals surface area contributed by atoms with Gasteiger partial charge in [-0.1, -0.05) is 6.92 Å². The van der Waals surface area contributed by atoms with E-state index in [1.807, 2.05) is 12.1 Å². The van der Waals surface area contributed by atoms with Gasteiger partial charge in [0, 0.05) is 24.7 Å². The van der Waals surface area contributed by atoms with Gasteiger partial charge in [-0.15, -0.1) is 0 Å². The molecule has 2 aliphatic rings. The van der Waals surface area contributed by atoms with Crippen molar-refractivity contribution in [2.75, 3.05) is 25.0 Å². The average molecular weight is 374 g/mol. The molecule has 2 unspecified atom stereocenters. The molecule has 138 valence electrons. The zero-order valence-electron chi connectivity index (χ0n) is 14.9. The molecule has 1 fully saturated rings. The summed E-state index contributed by atoms with van der Waals surface area (Å²) in [5.74, 6) is 0.364. The molecular formula is C20H23FN2O2S. The van der Waals surface area contributed by atoms with Gasteiger partial charge >= 0.3 is 0 Å². The Morgan fingerprint density at radius 2 is 1.81 bits per heavy atom. The maximum absolute atomic E-state index is 13.2. The number of sulfone groups is 1. The molecule has 0 aromatic heterocycles. The van der Waals surface area contributed by atoms with Crippen LogP contribution in [0.1, 0.15) is 24.8 Å². The first-order chi connectivity index (χ1) is 12.4. The van der Waals surface area contributed by atoms with Crippen LogP contribution in [0.2, 0.25) is 0 Å². The number of fused-ring (bicyclic) bond motifs is 3. The highest BCUT2D eigenvalue weighted by molar-refractivity contribution is 7.91. The fourth-order valence-corrected chi connectivity index (χ4v) is 5.79. The van der Waals surface area contributed by atoms with Gasteiger partial charge in [0.05, 0.1) is 9.79 Å². The SMILES string of the molecule is CC1CNCC[C@H]2c3cc(S(=O)(=O)c4ccc(F)cc4)ccc3N(C)C12. The molecular weight excluding hydrogens is 351 g/mol. The topological polar surface area (TPSA) is 49.4 Å². The molecule has 4 rings (SSSR count). The van der Waals surface area contributed by atoms with Crippen LogP contribution in [-0.4, -0.2) is 34.6 Å². The van der Waals surface area contributed by atoms with E-state index < -0.39 is 15.7 Å². The molecule has 2 aromatic rings. The largest absolute Gasteiger partial charge is 0.370 e. The summed E-state index contributed by atoms with van der Waals surface area (Å²) in [7, 11) is -1.56. The third kappa shape index (κ3) is 2.72. The second kappa shape index (κ2) is 6.35. The highest BCUT2D eigenvalue weighted by Gasteiger charge is 2.41. The van der Waals surface area contributed by atoms with Crippen LogP contribution in [0.15, 0.2) is 52.3 Å². The number of nitrogens with one attached hydrogen (secondary N) is 1. The number of hydrogen-bond acceptors (Lipinski definition) is 4. The van der Waals surface area contributed by atoms with Gasteiger partial charge < -0.3 is 10.2 Å². The summed E-state index contributed by atoms with van der Waals surface area (Å²) >= 11 is 0. The maximum Gasteiger partial charge on any atom is 0.206 e. The van der Waals surface area contributed by atoms with Gasteiger partial charge in [0.25, 0.3) is 0 Å². The average Bonchev–Trinajstić information content (AvgIpc) is 2.76. The fourth-order valence-electron chi connectivity index (χ4n) is 4.49. The van der Waals surface area contributed by atoms with Crippen molar-refractivity contribution in [3.63, 3.8) is 0 Å². The summed E-state index contributed by atoms with van der Waals surface area (Å²) in [6.45, 7) is 4.16. The summed E-state index contributed by atoms with van der Waals surface area (Å²) in [5, 5.41) is 3.47. The molecule has 0 radical (unpaired) electrons. The molecule has 0 saturated carbocycles. The molecule has 2 aliphatic heterocycles. The number of rotatable bonds is 2. The number of benzene rings is 2. The van der Waals surface area contributed by atoms with E-state index in [0.717, 1.165) is 30.8 Å². The van der Waals surface area contributed by atoms with E-state index in [9.17, 15) is 12.8 Å². The van der Waals surface area contributed by atoms with E-state index in [1.165, 1.54) is 24.3 Å². The van der Waals surface area contributed by atoms with Crippen molar-refractivity contribution in [1.82, 2.24) is 5.32 Å². The van der Waals surface area contributed by atoms with Gasteiger partial charge in [0.1, 0.15) is 5.82 Å². The van der Waals surface area contributed by atoms with Crippen molar-refractivity contribution < 1.29 is 12.8 Å². The van der Waals surface area contributed by atoms with Crippen LogP contribution in [-0.2, 0) is 9.84 Å². The first-order valence-corrected chi connectivity index (χ1v) is 10.5. The highest BCUT2D eigenvalue weighted by Crippen LogP contribution is 2.46. The minimum absolute atomic E-state index is 0.123. The van der Waals surface area contributed by atoms with E-state index in [-0.39, 0.29) is 9.79 Å². The summed E-state index contributed by atoms with van der Waals surface area (Å²) in [5.41, 5.74) is 2.23. The zero-order valence-corrected chi connectivity index (χ0v) is 15.8. The molecule has 2 aromatic carbocycles. The molecule has 0 bridgehead atoms. The smallest absolute Gasteiger partial charge is 0.206 e. The quantitative estimate of drug-likeness (QED) is 0.821. The van der Waals surface area contributed by atoms with E-state index in [2.05, 4.69) is 24.2 Å². The molecule has 26 heavy (non-hydrogen) atoms. The zero-order chi connectivity index (χ0) is 18.5. The molecule has 4 nitrogen and oxygen atoms in total. The monoisotopic (exact) mass is 374 g/mol. The van der Waals surface area contributed by atoms with E-state index >= 15 is 0 Å². The van der Waals surface area contributed by atoms with Crippen LogP contribution < -0.4 is 10.2 Å². The van der Waals surface area contributed by atoms with Crippen molar-refractivity contribution in [3.8, 4) is 0 Å². The molecule has 1 N–H and O–H groups in total. The minimum Gasteiger partial charge on any atom is -0.370 e. The third-order valence-electron chi connectivity index (χ3n) is 5.75. The lowest BCUT2D eigenvalue weighted by molar-refractivity contribution is 0.417. The number of anilines is 1. The van der Waals surface area contributed by atoms with Crippen LogP contribution in [0, 0.1) is 11.7 Å². The molecule has 1 saturated heterocycles. The summed E-state index contributed by atoms with van der Waals surface area (Å²) in [6.07, 6.45) is 0.992. The Morgan fingerprint density at radius 3 is 2.54 bits per heavy atom. The number of likely N-dealkylation sites (N-methyl/N-ethyl adjacent to an activating group) is 1. The van der Waals surface area contributed by atoms with Crippen LogP contribution >= 0.6 is 0 Å². The predicted molar refractivity (Wildman–Crippen MR) is 99.9 cm³/mol. The molecule has 0 spiro atoms. The maximum atomic E-state index is 13.2. The van der Waals surface area contributed by atoms with Crippen molar-refractivity contribution in [1.29, 1.82) is 0 Å². The second-order valence-corrected chi connectivity index (χ2v) is 9.31. The van der Waals surface area contributed by atoms with Gasteiger partial charge in [0.15, 0.2) is 0 Å². The highest BCUT2D eigenvalue weighted by atomic mass is 32.2. The minimum atomic E-state index is -3.66. The first kappa shape index (κ1) is 17.5. The Balaban J connectivity index is 1.78. The predicted octanol–water partition coefficient (Wildman–Crippen LogP) is 3.19. The van der Waals surface area contributed by atoms with Gasteiger partial charge in [-0.3, -0.25) is 0 Å². The Kier molecular flexibility index (Phi) is 4.28. The standard InChI is InChI=1S/C20H23FN2O2S/c1-13-12-22-10-9-17-18-11-16(7-8-19(18)23(2)20(13)17)26(24,25)15-5-3-14(21)4-6-15/h3-8,11,13,17,20,22H,9-10,12H2,1-2H3/t13?,17-,20?/m0/s1. The van der Waals surface area contributed by atoms with Crippen molar-refractivity contribution in [2.45, 2.75) is 35.1 Å². The Morgan fingerprint density at radius 1 is 1.12 bits per heavy atom. The summed E-state index contributed by atoms with van der Waals surface area (Å²) < 4.78 is 39.1. The molecule has 0 aliphatic carbocycles. The second-order valence-electron chi connectivity index (χ2n) is 7.36. The summed E-state index contributed by atoms with van der Waals surface area (Å²) in [4.78, 5) is 2.70. The van der Waals surface area contributed by atoms with Gasteiger partial charge in [-0.25, -0.2) is 12.8 Å². The van der Waals surface area contributed by atoms with Crippen LogP contribution in [0.25, 0.3) is 0 Å². The lowest BCUT2D eigenvalue weighted by atomic mass is 9.86. The van der Waals surface area contributed by atoms with Crippen LogP contribution in [0.3, 0.4) is 0 Å². The Hall–Kier alpha value is -1.92. The number of halogens is 1. The van der Waals surface area contributed by atoms with E-state index in [0.29, 0.717) is 17.9 Å². The van der Waals surface area contributed by atoms with Gasteiger partial charge in [-0.2, -0.15) is 0 Å². The van der Waals surface area contributed by atoms with Crippen LogP contribution in [0.5, 0.6) is 0 Å². The first-order valence-electron chi connectivity index (χ1n) is 8.98. The van der Waals surface area contributed by atoms with Crippen molar-refractivity contribution >= 4 is 15.5 Å². The summed E-state index contributed by atoms with van der Waals surface area (Å²) in [6, 6.07) is 10.8. The number of hydrogen-bond donors (Lipinski definition) is 1. The van der Waals surface area contributed by atoms with E-state index in [4.69, 9.17) is 0 Å². The van der Waals surface area contributed by atoms with Crippen molar-refractivity contribution in [3.05, 3.63) is 53.8 Å². The van der Waals surface area contributed by atoms with Gasteiger partial charge in [-0.05, 0) is 73.5 Å². The molecule has 2 heterocycles. The molecule has 6 heteroatoms. The lowest BCUT2D eigenvalue weighted by Gasteiger charge is -2.30. The third-order valence-corrected chi connectivity index (χ3v) is 7.52. The van der Waals surface area contributed by atoms with Crippen LogP contribution in [0.4, 0.5) is 10.1 Å². The molecule has 3 atom stereocenters.